The smallest absolute Gasteiger partial charge is 0.147 e. The molecule has 0 radical (unpaired) electrons. The Morgan fingerprint density at radius 3 is 2.93 bits per heavy atom. The summed E-state index contributed by atoms with van der Waals surface area (Å²) in [6.07, 6.45) is 0. The minimum absolute atomic E-state index is 0.666. The van der Waals surface area contributed by atoms with E-state index < -0.39 is 0 Å². The Hall–Kier alpha value is -0.800. The zero-order valence-corrected chi connectivity index (χ0v) is 10.5. The number of halogens is 2. The Labute approximate surface area is 101 Å². The van der Waals surface area contributed by atoms with Crippen LogP contribution in [-0.4, -0.2) is 5.16 Å². The van der Waals surface area contributed by atoms with Gasteiger partial charge in [0.15, 0.2) is 0 Å². The Bertz CT molecular complexity index is 481. The van der Waals surface area contributed by atoms with Crippen molar-refractivity contribution < 1.29 is 4.52 Å². The highest BCUT2D eigenvalue weighted by molar-refractivity contribution is 9.08. The summed E-state index contributed by atoms with van der Waals surface area (Å²) in [5.74, 6) is 0.810. The summed E-state index contributed by atoms with van der Waals surface area (Å²) in [7, 11) is 0. The maximum Gasteiger partial charge on any atom is 0.147 e. The summed E-state index contributed by atoms with van der Waals surface area (Å²) >= 11 is 9.35. The highest BCUT2D eigenvalue weighted by atomic mass is 79.9. The standard InChI is InChI=1S/C11H9BrClNO/c1-7-9(3-2-4-10(7)13)11-5-8(6-12)15-14-11/h2-5H,6H2,1H3. The number of rotatable bonds is 2. The molecule has 0 aliphatic rings. The molecular formula is C11H9BrClNO. The first-order valence-electron chi connectivity index (χ1n) is 4.49. The van der Waals surface area contributed by atoms with Crippen molar-refractivity contribution in [2.45, 2.75) is 12.3 Å². The molecule has 4 heteroatoms. The van der Waals surface area contributed by atoms with Crippen molar-refractivity contribution in [2.24, 2.45) is 0 Å². The Morgan fingerprint density at radius 1 is 1.47 bits per heavy atom. The third kappa shape index (κ3) is 2.08. The molecule has 0 saturated heterocycles. The maximum atomic E-state index is 6.04. The van der Waals surface area contributed by atoms with E-state index in [0.717, 1.165) is 27.6 Å². The monoisotopic (exact) mass is 285 g/mol. The zero-order valence-electron chi connectivity index (χ0n) is 8.13. The molecule has 0 aliphatic heterocycles. The molecule has 1 aromatic carbocycles. The highest BCUT2D eigenvalue weighted by Crippen LogP contribution is 2.28. The van der Waals surface area contributed by atoms with Gasteiger partial charge in [-0.1, -0.05) is 44.8 Å². The minimum Gasteiger partial charge on any atom is -0.360 e. The molecule has 1 heterocycles. The summed E-state index contributed by atoms with van der Waals surface area (Å²) < 4.78 is 5.12. The number of alkyl halides is 1. The van der Waals surface area contributed by atoms with Gasteiger partial charge in [0.25, 0.3) is 0 Å². The third-order valence-electron chi connectivity index (χ3n) is 2.23. The highest BCUT2D eigenvalue weighted by Gasteiger charge is 2.09. The summed E-state index contributed by atoms with van der Waals surface area (Å²) in [5, 5.41) is 5.41. The summed E-state index contributed by atoms with van der Waals surface area (Å²) in [6.45, 7) is 1.97. The lowest BCUT2D eigenvalue weighted by molar-refractivity contribution is 0.398. The Balaban J connectivity index is 2.49. The maximum absolute atomic E-state index is 6.04. The fraction of sp³-hybridized carbons (Fsp3) is 0.182. The van der Waals surface area contributed by atoms with Gasteiger partial charge in [0.1, 0.15) is 11.5 Å². The van der Waals surface area contributed by atoms with Crippen LogP contribution >= 0.6 is 27.5 Å². The third-order valence-corrected chi connectivity index (χ3v) is 3.20. The van der Waals surface area contributed by atoms with Crippen molar-refractivity contribution in [1.82, 2.24) is 5.16 Å². The van der Waals surface area contributed by atoms with E-state index in [1.54, 1.807) is 0 Å². The largest absolute Gasteiger partial charge is 0.360 e. The topological polar surface area (TPSA) is 26.0 Å². The SMILES string of the molecule is Cc1c(Cl)cccc1-c1cc(CBr)on1. The molecule has 0 fully saturated rings. The van der Waals surface area contributed by atoms with Gasteiger partial charge in [0.05, 0.1) is 5.33 Å². The molecule has 0 aliphatic carbocycles. The average molecular weight is 287 g/mol. The van der Waals surface area contributed by atoms with E-state index in [1.807, 2.05) is 31.2 Å². The van der Waals surface area contributed by atoms with Gasteiger partial charge in [-0.15, -0.1) is 0 Å². The van der Waals surface area contributed by atoms with Crippen molar-refractivity contribution >= 4 is 27.5 Å². The normalized spacial score (nSPS) is 10.6. The summed E-state index contributed by atoms with van der Waals surface area (Å²) in [5.41, 5.74) is 2.86. The molecule has 15 heavy (non-hydrogen) atoms. The van der Waals surface area contributed by atoms with Gasteiger partial charge < -0.3 is 4.52 Å². The van der Waals surface area contributed by atoms with Gasteiger partial charge in [0.2, 0.25) is 0 Å². The van der Waals surface area contributed by atoms with Crippen LogP contribution in [0.1, 0.15) is 11.3 Å². The van der Waals surface area contributed by atoms with E-state index in [9.17, 15) is 0 Å². The second kappa shape index (κ2) is 4.37. The number of hydrogen-bond acceptors (Lipinski definition) is 2. The van der Waals surface area contributed by atoms with E-state index in [0.29, 0.717) is 5.33 Å². The molecule has 0 N–H and O–H groups in total. The first-order valence-corrected chi connectivity index (χ1v) is 5.99. The van der Waals surface area contributed by atoms with E-state index >= 15 is 0 Å². The van der Waals surface area contributed by atoms with Crippen LogP contribution in [0, 0.1) is 6.92 Å². The van der Waals surface area contributed by atoms with Crippen molar-refractivity contribution in [1.29, 1.82) is 0 Å². The number of aromatic nitrogens is 1. The lowest BCUT2D eigenvalue weighted by atomic mass is 10.1. The molecule has 2 rings (SSSR count). The van der Waals surface area contributed by atoms with Crippen molar-refractivity contribution in [3.63, 3.8) is 0 Å². The quantitative estimate of drug-likeness (QED) is 0.773. The van der Waals surface area contributed by atoms with Gasteiger partial charge >= 0.3 is 0 Å². The van der Waals surface area contributed by atoms with Gasteiger partial charge in [-0.05, 0) is 18.6 Å². The molecule has 0 saturated carbocycles. The van der Waals surface area contributed by atoms with Gasteiger partial charge in [-0.3, -0.25) is 0 Å². The van der Waals surface area contributed by atoms with Crippen LogP contribution in [-0.2, 0) is 5.33 Å². The number of nitrogens with zero attached hydrogens (tertiary/aromatic N) is 1. The molecule has 1 aromatic heterocycles. The van der Waals surface area contributed by atoms with Crippen LogP contribution in [0.2, 0.25) is 5.02 Å². The molecule has 2 nitrogen and oxygen atoms in total. The van der Waals surface area contributed by atoms with E-state index in [2.05, 4.69) is 21.1 Å². The fourth-order valence-electron chi connectivity index (χ4n) is 1.39. The predicted octanol–water partition coefficient (Wildman–Crippen LogP) is 4.20. The van der Waals surface area contributed by atoms with Crippen LogP contribution in [0.5, 0.6) is 0 Å². The molecule has 78 valence electrons. The van der Waals surface area contributed by atoms with Gasteiger partial charge in [0, 0.05) is 16.7 Å². The van der Waals surface area contributed by atoms with Crippen molar-refractivity contribution in [2.75, 3.05) is 0 Å². The molecule has 0 atom stereocenters. The second-order valence-electron chi connectivity index (χ2n) is 3.22. The number of benzene rings is 1. The Morgan fingerprint density at radius 2 is 2.27 bits per heavy atom. The lowest BCUT2D eigenvalue weighted by Crippen LogP contribution is -1.83. The molecular weight excluding hydrogens is 277 g/mol. The zero-order chi connectivity index (χ0) is 10.8. The molecule has 2 aromatic rings. The van der Waals surface area contributed by atoms with Gasteiger partial charge in [-0.2, -0.15) is 0 Å². The minimum atomic E-state index is 0.666. The van der Waals surface area contributed by atoms with E-state index in [-0.39, 0.29) is 0 Å². The molecule has 0 unspecified atom stereocenters. The van der Waals surface area contributed by atoms with Crippen molar-refractivity contribution in [3.8, 4) is 11.3 Å². The Kier molecular flexibility index (Phi) is 3.12. The predicted molar refractivity (Wildman–Crippen MR) is 64.3 cm³/mol. The van der Waals surface area contributed by atoms with Crippen LogP contribution in [0.15, 0.2) is 28.8 Å². The van der Waals surface area contributed by atoms with Crippen molar-refractivity contribution in [3.05, 3.63) is 40.6 Å². The van der Waals surface area contributed by atoms with Crippen LogP contribution in [0.4, 0.5) is 0 Å². The average Bonchev–Trinajstić information content (AvgIpc) is 2.70. The van der Waals surface area contributed by atoms with Crippen LogP contribution in [0.25, 0.3) is 11.3 Å². The second-order valence-corrected chi connectivity index (χ2v) is 4.19. The van der Waals surface area contributed by atoms with Gasteiger partial charge in [-0.25, -0.2) is 0 Å². The van der Waals surface area contributed by atoms with E-state index in [1.165, 1.54) is 0 Å². The summed E-state index contributed by atoms with van der Waals surface area (Å²) in [6, 6.07) is 7.67. The molecule has 0 amide bonds. The number of hydrogen-bond donors (Lipinski definition) is 0. The van der Waals surface area contributed by atoms with E-state index in [4.69, 9.17) is 16.1 Å². The lowest BCUT2D eigenvalue weighted by Gasteiger charge is -2.02. The first kappa shape index (κ1) is 10.7. The first-order chi connectivity index (χ1) is 7.22. The van der Waals surface area contributed by atoms with Crippen LogP contribution < -0.4 is 0 Å². The van der Waals surface area contributed by atoms with Crippen LogP contribution in [0.3, 0.4) is 0 Å². The molecule has 0 spiro atoms. The summed E-state index contributed by atoms with van der Waals surface area (Å²) in [4.78, 5) is 0. The fourth-order valence-corrected chi connectivity index (χ4v) is 1.83. The molecule has 0 bridgehead atoms.